The van der Waals surface area contributed by atoms with E-state index in [1.807, 2.05) is 12.1 Å². The molecule has 0 spiro atoms. The van der Waals surface area contributed by atoms with Crippen LogP contribution in [-0.2, 0) is 11.4 Å². The molecule has 0 radical (unpaired) electrons. The van der Waals surface area contributed by atoms with Crippen LogP contribution in [0.1, 0.15) is 22.3 Å². The first kappa shape index (κ1) is 25.1. The van der Waals surface area contributed by atoms with E-state index in [0.29, 0.717) is 35.1 Å². The van der Waals surface area contributed by atoms with Crippen molar-refractivity contribution in [2.45, 2.75) is 20.5 Å². The maximum atomic E-state index is 12.6. The van der Waals surface area contributed by atoms with E-state index in [-0.39, 0.29) is 5.57 Å². The standard InChI is InChI=1S/C27H25IN2O4/c1-17-9-18(2)11-20(10-17)16-34-26-24(28)13-19(14-25(26)33-4)12-21(15-29)27(31)30-22-5-7-23(32-3)8-6-22/h5-14H,16H2,1-4H3,(H,30,31)/b21-12+. The predicted octanol–water partition coefficient (Wildman–Crippen LogP) is 6.05. The Balaban J connectivity index is 1.80. The fourth-order valence-electron chi connectivity index (χ4n) is 3.46. The maximum Gasteiger partial charge on any atom is 0.266 e. The van der Waals surface area contributed by atoms with Crippen molar-refractivity contribution in [2.75, 3.05) is 19.5 Å². The Morgan fingerprint density at radius 1 is 1.03 bits per heavy atom. The van der Waals surface area contributed by atoms with Crippen molar-refractivity contribution in [3.05, 3.63) is 86.0 Å². The molecule has 0 aliphatic rings. The van der Waals surface area contributed by atoms with Crippen molar-refractivity contribution in [2.24, 2.45) is 0 Å². The first-order chi connectivity index (χ1) is 16.3. The van der Waals surface area contributed by atoms with E-state index in [1.165, 1.54) is 17.2 Å². The number of benzene rings is 3. The number of nitrogens with zero attached hydrogens (tertiary/aromatic N) is 1. The van der Waals surface area contributed by atoms with Crippen LogP contribution in [0.5, 0.6) is 17.2 Å². The second kappa shape index (κ2) is 11.6. The van der Waals surface area contributed by atoms with Crippen molar-refractivity contribution < 1.29 is 19.0 Å². The van der Waals surface area contributed by atoms with Gasteiger partial charge < -0.3 is 19.5 Å². The van der Waals surface area contributed by atoms with E-state index in [9.17, 15) is 10.1 Å². The number of halogens is 1. The van der Waals surface area contributed by atoms with E-state index in [1.54, 1.807) is 44.6 Å². The second-order valence-corrected chi connectivity index (χ2v) is 8.83. The van der Waals surface area contributed by atoms with Gasteiger partial charge in [-0.1, -0.05) is 29.3 Å². The molecule has 3 rings (SSSR count). The largest absolute Gasteiger partial charge is 0.497 e. The van der Waals surface area contributed by atoms with Crippen molar-refractivity contribution in [1.29, 1.82) is 5.26 Å². The van der Waals surface area contributed by atoms with Gasteiger partial charge in [-0.25, -0.2) is 0 Å². The van der Waals surface area contributed by atoms with Gasteiger partial charge >= 0.3 is 0 Å². The van der Waals surface area contributed by atoms with Gasteiger partial charge in [-0.05, 0) is 90.0 Å². The zero-order valence-corrected chi connectivity index (χ0v) is 21.6. The van der Waals surface area contributed by atoms with Crippen molar-refractivity contribution in [1.82, 2.24) is 0 Å². The van der Waals surface area contributed by atoms with Crippen molar-refractivity contribution in [3.8, 4) is 23.3 Å². The number of amides is 1. The number of rotatable bonds is 8. The van der Waals surface area contributed by atoms with Gasteiger partial charge in [0.1, 0.15) is 24.0 Å². The Bertz CT molecular complexity index is 1240. The molecule has 174 valence electrons. The van der Waals surface area contributed by atoms with Crippen LogP contribution in [0.2, 0.25) is 0 Å². The molecule has 0 atom stereocenters. The van der Waals surface area contributed by atoms with E-state index >= 15 is 0 Å². The molecule has 0 saturated heterocycles. The first-order valence-corrected chi connectivity index (χ1v) is 11.6. The SMILES string of the molecule is COc1ccc(NC(=O)/C(C#N)=C/c2cc(I)c(OCc3cc(C)cc(C)c3)c(OC)c2)cc1. The van der Waals surface area contributed by atoms with E-state index in [0.717, 1.165) is 9.13 Å². The fraction of sp³-hybridized carbons (Fsp3) is 0.185. The number of ether oxygens (including phenoxy) is 3. The van der Waals surface area contributed by atoms with Crippen LogP contribution in [-0.4, -0.2) is 20.1 Å². The summed E-state index contributed by atoms with van der Waals surface area (Å²) in [6.45, 7) is 4.51. The molecule has 1 amide bonds. The summed E-state index contributed by atoms with van der Waals surface area (Å²) in [4.78, 5) is 12.6. The molecule has 0 aliphatic heterocycles. The molecule has 1 N–H and O–H groups in total. The Kier molecular flexibility index (Phi) is 8.55. The average Bonchev–Trinajstić information content (AvgIpc) is 2.81. The summed E-state index contributed by atoms with van der Waals surface area (Å²) in [7, 11) is 3.13. The normalized spacial score (nSPS) is 10.9. The molecule has 0 saturated carbocycles. The first-order valence-electron chi connectivity index (χ1n) is 10.5. The highest BCUT2D eigenvalue weighted by molar-refractivity contribution is 14.1. The molecule has 0 heterocycles. The lowest BCUT2D eigenvalue weighted by Gasteiger charge is -2.14. The van der Waals surface area contributed by atoms with Gasteiger partial charge in [-0.2, -0.15) is 5.26 Å². The summed E-state index contributed by atoms with van der Waals surface area (Å²) in [5, 5.41) is 12.3. The summed E-state index contributed by atoms with van der Waals surface area (Å²) >= 11 is 2.16. The lowest BCUT2D eigenvalue weighted by Crippen LogP contribution is -2.13. The molecule has 3 aromatic rings. The number of nitriles is 1. The van der Waals surface area contributed by atoms with Crippen LogP contribution in [0.25, 0.3) is 6.08 Å². The molecule has 34 heavy (non-hydrogen) atoms. The third kappa shape index (κ3) is 6.51. The third-order valence-electron chi connectivity index (χ3n) is 4.94. The second-order valence-electron chi connectivity index (χ2n) is 7.67. The zero-order chi connectivity index (χ0) is 24.7. The highest BCUT2D eigenvalue weighted by atomic mass is 127. The van der Waals surface area contributed by atoms with Gasteiger partial charge in [0.25, 0.3) is 5.91 Å². The molecule has 0 unspecified atom stereocenters. The molecule has 0 aliphatic carbocycles. The van der Waals surface area contributed by atoms with E-state index in [2.05, 4.69) is 60.0 Å². The minimum Gasteiger partial charge on any atom is -0.497 e. The Labute approximate surface area is 213 Å². The highest BCUT2D eigenvalue weighted by Crippen LogP contribution is 2.35. The van der Waals surface area contributed by atoms with Crippen LogP contribution < -0.4 is 19.5 Å². The number of aryl methyl sites for hydroxylation is 2. The summed E-state index contributed by atoms with van der Waals surface area (Å²) < 4.78 is 17.5. The predicted molar refractivity (Wildman–Crippen MR) is 141 cm³/mol. The lowest BCUT2D eigenvalue weighted by atomic mass is 10.1. The molecule has 0 bridgehead atoms. The minimum absolute atomic E-state index is 0.0300. The Hall–Kier alpha value is -3.51. The summed E-state index contributed by atoms with van der Waals surface area (Å²) in [6, 6.07) is 18.7. The number of hydrogen-bond acceptors (Lipinski definition) is 5. The van der Waals surface area contributed by atoms with Crippen LogP contribution >= 0.6 is 22.6 Å². The average molecular weight is 568 g/mol. The van der Waals surface area contributed by atoms with Crippen LogP contribution in [0.15, 0.2) is 60.2 Å². The fourth-order valence-corrected chi connectivity index (χ4v) is 4.24. The van der Waals surface area contributed by atoms with E-state index < -0.39 is 5.91 Å². The number of carbonyl (C=O) groups is 1. The lowest BCUT2D eigenvalue weighted by molar-refractivity contribution is -0.112. The van der Waals surface area contributed by atoms with Gasteiger partial charge in [-0.3, -0.25) is 4.79 Å². The number of carbonyl (C=O) groups excluding carboxylic acids is 1. The monoisotopic (exact) mass is 568 g/mol. The number of hydrogen-bond donors (Lipinski definition) is 1. The minimum atomic E-state index is -0.503. The summed E-state index contributed by atoms with van der Waals surface area (Å²) in [5.41, 5.74) is 4.62. The highest BCUT2D eigenvalue weighted by Gasteiger charge is 2.14. The van der Waals surface area contributed by atoms with Crippen LogP contribution in [0, 0.1) is 28.7 Å². The van der Waals surface area contributed by atoms with Gasteiger partial charge in [0.15, 0.2) is 11.5 Å². The Morgan fingerprint density at radius 2 is 1.71 bits per heavy atom. The van der Waals surface area contributed by atoms with Gasteiger partial charge in [0, 0.05) is 5.69 Å². The molecular formula is C27H25IN2O4. The quantitative estimate of drug-likeness (QED) is 0.203. The van der Waals surface area contributed by atoms with Crippen molar-refractivity contribution >= 4 is 40.3 Å². The van der Waals surface area contributed by atoms with E-state index in [4.69, 9.17) is 14.2 Å². The zero-order valence-electron chi connectivity index (χ0n) is 19.4. The topological polar surface area (TPSA) is 80.6 Å². The molecule has 3 aromatic carbocycles. The number of anilines is 1. The van der Waals surface area contributed by atoms with Crippen LogP contribution in [0.3, 0.4) is 0 Å². The van der Waals surface area contributed by atoms with Gasteiger partial charge in [0.05, 0.1) is 17.8 Å². The molecular weight excluding hydrogens is 543 g/mol. The third-order valence-corrected chi connectivity index (χ3v) is 5.74. The van der Waals surface area contributed by atoms with Crippen molar-refractivity contribution in [3.63, 3.8) is 0 Å². The smallest absolute Gasteiger partial charge is 0.266 e. The summed E-state index contributed by atoms with van der Waals surface area (Å²) in [5.74, 6) is 1.31. The maximum absolute atomic E-state index is 12.6. The summed E-state index contributed by atoms with van der Waals surface area (Å²) in [6.07, 6.45) is 1.53. The Morgan fingerprint density at radius 3 is 2.29 bits per heavy atom. The molecule has 6 nitrogen and oxygen atoms in total. The van der Waals surface area contributed by atoms with Gasteiger partial charge in [0.2, 0.25) is 0 Å². The molecule has 7 heteroatoms. The van der Waals surface area contributed by atoms with Crippen LogP contribution in [0.4, 0.5) is 5.69 Å². The number of methoxy groups -OCH3 is 2. The molecule has 0 fully saturated rings. The molecule has 0 aromatic heterocycles. The number of nitrogens with one attached hydrogen (secondary N) is 1. The van der Waals surface area contributed by atoms with Gasteiger partial charge in [-0.15, -0.1) is 0 Å².